The molecular weight excluding hydrogens is 399 g/mol. The zero-order valence-electron chi connectivity index (χ0n) is 14.5. The molecule has 0 radical (unpaired) electrons. The van der Waals surface area contributed by atoms with Gasteiger partial charge in [-0.15, -0.1) is 0 Å². The molecule has 0 spiro atoms. The largest absolute Gasteiger partial charge is 0.506 e. The molecule has 2 N–H and O–H groups in total. The Hall–Kier alpha value is -2.78. The number of nitrogens with zero attached hydrogens (tertiary/aromatic N) is 3. The first-order valence-corrected chi connectivity index (χ1v) is 8.37. The molecule has 10 heteroatoms. The summed E-state index contributed by atoms with van der Waals surface area (Å²) < 4.78 is 47.6. The number of phenolic OH excluding ortho intramolecular Hbond substituents is 1. The van der Waals surface area contributed by atoms with E-state index in [1.807, 2.05) is 0 Å². The Kier molecular flexibility index (Phi) is 5.22. The van der Waals surface area contributed by atoms with Gasteiger partial charge in [0, 0.05) is 6.07 Å². The number of phenols is 1. The monoisotopic (exact) mass is 413 g/mol. The lowest BCUT2D eigenvalue weighted by molar-refractivity contribution is -0.140. The van der Waals surface area contributed by atoms with Crippen LogP contribution in [0.3, 0.4) is 0 Å². The van der Waals surface area contributed by atoms with Crippen molar-refractivity contribution in [3.05, 3.63) is 65.2 Å². The lowest BCUT2D eigenvalue weighted by Crippen LogP contribution is -2.31. The Balaban J connectivity index is 1.96. The van der Waals surface area contributed by atoms with Gasteiger partial charge in [-0.2, -0.15) is 18.3 Å². The van der Waals surface area contributed by atoms with E-state index in [9.17, 15) is 23.4 Å². The third kappa shape index (κ3) is 4.37. The van der Waals surface area contributed by atoms with Gasteiger partial charge in [0.25, 0.3) is 0 Å². The molecule has 3 aromatic rings. The van der Waals surface area contributed by atoms with Gasteiger partial charge in [-0.05, 0) is 36.8 Å². The number of benzene rings is 2. The second kappa shape index (κ2) is 7.33. The molecule has 0 saturated carbocycles. The van der Waals surface area contributed by atoms with Crippen LogP contribution in [0.1, 0.15) is 18.1 Å². The molecule has 0 aliphatic heterocycles. The highest BCUT2D eigenvalue weighted by Gasteiger charge is 2.39. The average molecular weight is 414 g/mol. The second-order valence-corrected chi connectivity index (χ2v) is 6.69. The molecule has 0 aliphatic carbocycles. The molecule has 3 rings (SSSR count). The minimum atomic E-state index is -4.73. The number of aromatic nitrogens is 3. The summed E-state index contributed by atoms with van der Waals surface area (Å²) in [5.41, 5.74) is -3.23. The fourth-order valence-corrected chi connectivity index (χ4v) is 2.86. The van der Waals surface area contributed by atoms with Crippen LogP contribution in [0, 0.1) is 0 Å². The molecule has 2 aromatic carbocycles. The Bertz CT molecular complexity index is 976. The van der Waals surface area contributed by atoms with E-state index >= 15 is 0 Å². The number of hydrogen-bond acceptors (Lipinski definition) is 5. The third-order valence-electron chi connectivity index (χ3n) is 3.97. The fraction of sp³-hybridized carbons (Fsp3) is 0.222. The van der Waals surface area contributed by atoms with Crippen LogP contribution in [0.25, 0.3) is 0 Å². The molecule has 148 valence electrons. The Labute approximate surface area is 162 Å². The number of ether oxygens (including phenoxy) is 1. The second-order valence-electron chi connectivity index (χ2n) is 6.29. The summed E-state index contributed by atoms with van der Waals surface area (Å²) in [5, 5.41) is 23.9. The summed E-state index contributed by atoms with van der Waals surface area (Å²) in [6.45, 7) is 1.05. The molecule has 0 aliphatic rings. The summed E-state index contributed by atoms with van der Waals surface area (Å²) in [7, 11) is 0. The zero-order valence-corrected chi connectivity index (χ0v) is 15.2. The molecule has 0 bridgehead atoms. The van der Waals surface area contributed by atoms with E-state index in [-0.39, 0.29) is 34.4 Å². The highest BCUT2D eigenvalue weighted by atomic mass is 35.5. The van der Waals surface area contributed by atoms with Gasteiger partial charge < -0.3 is 14.9 Å². The van der Waals surface area contributed by atoms with Crippen molar-refractivity contribution in [2.24, 2.45) is 0 Å². The van der Waals surface area contributed by atoms with Gasteiger partial charge in [0.15, 0.2) is 0 Å². The summed E-state index contributed by atoms with van der Waals surface area (Å²) in [6, 6.07) is 7.16. The Morgan fingerprint density at radius 2 is 1.79 bits per heavy atom. The third-order valence-corrected chi connectivity index (χ3v) is 4.27. The molecule has 0 amide bonds. The number of aliphatic hydroxyl groups is 1. The predicted molar refractivity (Wildman–Crippen MR) is 94.2 cm³/mol. The lowest BCUT2D eigenvalue weighted by atomic mass is 9.90. The van der Waals surface area contributed by atoms with E-state index in [0.717, 1.165) is 12.1 Å². The van der Waals surface area contributed by atoms with Gasteiger partial charge in [0.05, 0.1) is 17.1 Å². The molecule has 6 nitrogen and oxygen atoms in total. The highest BCUT2D eigenvalue weighted by molar-refractivity contribution is 6.32. The van der Waals surface area contributed by atoms with E-state index in [0.29, 0.717) is 0 Å². The summed E-state index contributed by atoms with van der Waals surface area (Å²) in [6.07, 6.45) is -2.21. The molecule has 1 heterocycles. The summed E-state index contributed by atoms with van der Waals surface area (Å²) in [5.74, 6) is -0.128. The maximum absolute atomic E-state index is 13.6. The van der Waals surface area contributed by atoms with Gasteiger partial charge in [-0.25, -0.2) is 9.67 Å². The normalized spacial score (nSPS) is 13.9. The average Bonchev–Trinajstić information content (AvgIpc) is 3.09. The van der Waals surface area contributed by atoms with Crippen LogP contribution in [0.4, 0.5) is 13.2 Å². The minimum absolute atomic E-state index is 0.000862. The predicted octanol–water partition coefficient (Wildman–Crippen LogP) is 4.36. The Morgan fingerprint density at radius 1 is 1.11 bits per heavy atom. The first kappa shape index (κ1) is 20.0. The van der Waals surface area contributed by atoms with Crippen LogP contribution in [0.15, 0.2) is 49.1 Å². The Morgan fingerprint density at radius 3 is 2.39 bits per heavy atom. The van der Waals surface area contributed by atoms with Crippen molar-refractivity contribution in [3.8, 4) is 17.2 Å². The number of aromatic hydroxyl groups is 1. The van der Waals surface area contributed by atoms with Crippen molar-refractivity contribution in [1.29, 1.82) is 0 Å². The first-order valence-electron chi connectivity index (χ1n) is 7.99. The standard InChI is InChI=1S/C18H15ClF3N3O3/c1-17(27,8-25-10-23-9-24-25)13-4-2-11(6-14(13)18(20,21)22)28-12-3-5-16(26)15(19)7-12/h2-7,9-10,26-27H,8H2,1H3. The van der Waals surface area contributed by atoms with Crippen molar-refractivity contribution in [1.82, 2.24) is 14.8 Å². The van der Waals surface area contributed by atoms with E-state index in [1.165, 1.54) is 48.5 Å². The maximum atomic E-state index is 13.6. The number of alkyl halides is 3. The minimum Gasteiger partial charge on any atom is -0.506 e. The topological polar surface area (TPSA) is 80.4 Å². The van der Waals surface area contributed by atoms with Gasteiger partial charge in [-0.3, -0.25) is 0 Å². The SMILES string of the molecule is CC(O)(Cn1cncn1)c1ccc(Oc2ccc(O)c(Cl)c2)cc1C(F)(F)F. The zero-order chi connectivity index (χ0) is 20.5. The van der Waals surface area contributed by atoms with Crippen molar-refractivity contribution < 1.29 is 28.1 Å². The van der Waals surface area contributed by atoms with Crippen LogP contribution in [0.2, 0.25) is 5.02 Å². The molecule has 0 saturated heterocycles. The van der Waals surface area contributed by atoms with Crippen molar-refractivity contribution >= 4 is 11.6 Å². The van der Waals surface area contributed by atoms with Gasteiger partial charge >= 0.3 is 6.18 Å². The fourth-order valence-electron chi connectivity index (χ4n) is 2.69. The smallest absolute Gasteiger partial charge is 0.416 e. The van der Waals surface area contributed by atoms with E-state index < -0.39 is 17.3 Å². The number of halogens is 4. The summed E-state index contributed by atoms with van der Waals surface area (Å²) >= 11 is 5.78. The molecule has 1 atom stereocenters. The van der Waals surface area contributed by atoms with Gasteiger partial charge in [-0.1, -0.05) is 17.7 Å². The van der Waals surface area contributed by atoms with E-state index in [4.69, 9.17) is 16.3 Å². The van der Waals surface area contributed by atoms with Crippen LogP contribution in [-0.2, 0) is 18.3 Å². The molecule has 28 heavy (non-hydrogen) atoms. The van der Waals surface area contributed by atoms with Crippen LogP contribution >= 0.6 is 11.6 Å². The number of hydrogen-bond donors (Lipinski definition) is 2. The van der Waals surface area contributed by atoms with Gasteiger partial charge in [0.1, 0.15) is 35.5 Å². The maximum Gasteiger partial charge on any atom is 0.416 e. The first-order chi connectivity index (χ1) is 13.1. The van der Waals surface area contributed by atoms with Crippen molar-refractivity contribution in [2.45, 2.75) is 25.2 Å². The molecular formula is C18H15ClF3N3O3. The molecule has 0 fully saturated rings. The van der Waals surface area contributed by atoms with Crippen LogP contribution in [0.5, 0.6) is 17.2 Å². The van der Waals surface area contributed by atoms with Gasteiger partial charge in [0.2, 0.25) is 0 Å². The van der Waals surface area contributed by atoms with E-state index in [1.54, 1.807) is 0 Å². The summed E-state index contributed by atoms with van der Waals surface area (Å²) in [4.78, 5) is 3.72. The molecule has 1 unspecified atom stereocenters. The van der Waals surface area contributed by atoms with Crippen LogP contribution in [-0.4, -0.2) is 25.0 Å². The van der Waals surface area contributed by atoms with Crippen LogP contribution < -0.4 is 4.74 Å². The number of rotatable bonds is 5. The quantitative estimate of drug-likeness (QED) is 0.649. The lowest BCUT2D eigenvalue weighted by Gasteiger charge is -2.27. The van der Waals surface area contributed by atoms with Crippen molar-refractivity contribution in [3.63, 3.8) is 0 Å². The molecule has 1 aromatic heterocycles. The van der Waals surface area contributed by atoms with Crippen molar-refractivity contribution in [2.75, 3.05) is 0 Å². The highest BCUT2D eigenvalue weighted by Crippen LogP contribution is 2.40. The van der Waals surface area contributed by atoms with E-state index in [2.05, 4.69) is 10.1 Å².